The third kappa shape index (κ3) is 4.58. The Labute approximate surface area is 165 Å². The van der Waals surface area contributed by atoms with Gasteiger partial charge in [0.15, 0.2) is 0 Å². The number of hydrogen-bond acceptors (Lipinski definition) is 5. The smallest absolute Gasteiger partial charge is 0.123 e. The average Bonchev–Trinajstić information content (AvgIpc) is 3.22. The van der Waals surface area contributed by atoms with Gasteiger partial charge in [-0.25, -0.2) is 4.98 Å². The number of aromatic amines is 1. The number of nitrogens with two attached hydrogens (primary N) is 1. The molecule has 0 saturated carbocycles. The molecule has 28 heavy (non-hydrogen) atoms. The molecule has 3 aromatic rings. The second kappa shape index (κ2) is 8.99. The number of benzene rings is 1. The SMILES string of the molecule is Nc1cc(-c2cn[nH]c2[C@H]2CCCN(CCOCc3ccccc3)C2)ccn1. The van der Waals surface area contributed by atoms with Crippen molar-refractivity contribution < 1.29 is 4.74 Å². The maximum Gasteiger partial charge on any atom is 0.123 e. The lowest BCUT2D eigenvalue weighted by atomic mass is 9.91. The minimum absolute atomic E-state index is 0.440. The van der Waals surface area contributed by atoms with Crippen LogP contribution in [0.4, 0.5) is 5.82 Å². The Morgan fingerprint density at radius 3 is 2.96 bits per heavy atom. The summed E-state index contributed by atoms with van der Waals surface area (Å²) in [5.74, 6) is 0.972. The van der Waals surface area contributed by atoms with Crippen LogP contribution in [0.2, 0.25) is 0 Å². The fourth-order valence-corrected chi connectivity index (χ4v) is 3.91. The molecule has 1 fully saturated rings. The Morgan fingerprint density at radius 2 is 2.11 bits per heavy atom. The van der Waals surface area contributed by atoms with Crippen LogP contribution in [0.3, 0.4) is 0 Å². The lowest BCUT2D eigenvalue weighted by molar-refractivity contribution is 0.0827. The first kappa shape index (κ1) is 18.7. The highest BCUT2D eigenvalue weighted by Gasteiger charge is 2.25. The third-order valence-electron chi connectivity index (χ3n) is 5.34. The topological polar surface area (TPSA) is 80.1 Å². The van der Waals surface area contributed by atoms with Crippen LogP contribution in [0.15, 0.2) is 54.9 Å². The molecular weight excluding hydrogens is 350 g/mol. The molecule has 4 rings (SSSR count). The minimum atomic E-state index is 0.440. The second-order valence-corrected chi connectivity index (χ2v) is 7.34. The van der Waals surface area contributed by atoms with Crippen molar-refractivity contribution in [3.63, 3.8) is 0 Å². The molecular formula is C22H27N5O. The number of H-pyrrole nitrogens is 1. The van der Waals surface area contributed by atoms with Gasteiger partial charge in [0.1, 0.15) is 5.82 Å². The van der Waals surface area contributed by atoms with Crippen molar-refractivity contribution >= 4 is 5.82 Å². The predicted molar refractivity (Wildman–Crippen MR) is 111 cm³/mol. The van der Waals surface area contributed by atoms with Crippen LogP contribution < -0.4 is 5.73 Å². The molecule has 1 saturated heterocycles. The Kier molecular flexibility index (Phi) is 5.99. The molecule has 0 radical (unpaired) electrons. The molecule has 1 aliphatic heterocycles. The number of hydrogen-bond donors (Lipinski definition) is 2. The molecule has 146 valence electrons. The predicted octanol–water partition coefficient (Wildman–Crippen LogP) is 3.45. The van der Waals surface area contributed by atoms with Gasteiger partial charge in [-0.2, -0.15) is 5.10 Å². The largest absolute Gasteiger partial charge is 0.384 e. The number of nitrogen functional groups attached to an aromatic ring is 1. The number of pyridine rings is 1. The van der Waals surface area contributed by atoms with Gasteiger partial charge < -0.3 is 15.4 Å². The van der Waals surface area contributed by atoms with Crippen molar-refractivity contribution in [3.8, 4) is 11.1 Å². The molecule has 0 aliphatic carbocycles. The van der Waals surface area contributed by atoms with Gasteiger partial charge in [-0.15, -0.1) is 0 Å². The van der Waals surface area contributed by atoms with Crippen LogP contribution in [-0.2, 0) is 11.3 Å². The van der Waals surface area contributed by atoms with Crippen LogP contribution in [0.25, 0.3) is 11.1 Å². The van der Waals surface area contributed by atoms with Crippen molar-refractivity contribution in [2.24, 2.45) is 0 Å². The summed E-state index contributed by atoms with van der Waals surface area (Å²) in [4.78, 5) is 6.58. The van der Waals surface area contributed by atoms with E-state index in [1.807, 2.05) is 36.5 Å². The van der Waals surface area contributed by atoms with E-state index in [-0.39, 0.29) is 0 Å². The average molecular weight is 377 g/mol. The first-order valence-electron chi connectivity index (χ1n) is 9.89. The molecule has 3 N–H and O–H groups in total. The fraction of sp³-hybridized carbons (Fsp3) is 0.364. The van der Waals surface area contributed by atoms with E-state index in [0.717, 1.165) is 43.8 Å². The maximum atomic E-state index is 5.87. The van der Waals surface area contributed by atoms with E-state index < -0.39 is 0 Å². The van der Waals surface area contributed by atoms with Gasteiger partial charge >= 0.3 is 0 Å². The third-order valence-corrected chi connectivity index (χ3v) is 5.34. The minimum Gasteiger partial charge on any atom is -0.384 e. The van der Waals surface area contributed by atoms with Crippen LogP contribution in [0.5, 0.6) is 0 Å². The summed E-state index contributed by atoms with van der Waals surface area (Å²) in [6.07, 6.45) is 5.99. The van der Waals surface area contributed by atoms with Crippen molar-refractivity contribution in [3.05, 3.63) is 66.1 Å². The maximum absolute atomic E-state index is 5.87. The lowest BCUT2D eigenvalue weighted by Crippen LogP contribution is -2.36. The van der Waals surface area contributed by atoms with E-state index in [2.05, 4.69) is 32.2 Å². The van der Waals surface area contributed by atoms with Gasteiger partial charge in [0.25, 0.3) is 0 Å². The van der Waals surface area contributed by atoms with E-state index in [1.165, 1.54) is 17.7 Å². The number of nitrogens with zero attached hydrogens (tertiary/aromatic N) is 3. The van der Waals surface area contributed by atoms with E-state index >= 15 is 0 Å². The fourth-order valence-electron chi connectivity index (χ4n) is 3.91. The summed E-state index contributed by atoms with van der Waals surface area (Å²) in [5.41, 5.74) is 10.5. The highest BCUT2D eigenvalue weighted by molar-refractivity contribution is 5.67. The Bertz CT molecular complexity index is 879. The molecule has 6 heteroatoms. The van der Waals surface area contributed by atoms with Gasteiger partial charge in [0, 0.05) is 36.5 Å². The lowest BCUT2D eigenvalue weighted by Gasteiger charge is -2.32. The molecule has 0 bridgehead atoms. The Morgan fingerprint density at radius 1 is 1.21 bits per heavy atom. The molecule has 1 atom stereocenters. The molecule has 3 heterocycles. The first-order valence-corrected chi connectivity index (χ1v) is 9.89. The quantitative estimate of drug-likeness (QED) is 0.617. The van der Waals surface area contributed by atoms with Gasteiger partial charge in [0.05, 0.1) is 19.4 Å². The van der Waals surface area contributed by atoms with E-state index in [4.69, 9.17) is 10.5 Å². The summed E-state index contributed by atoms with van der Waals surface area (Å²) in [7, 11) is 0. The van der Waals surface area contributed by atoms with Crippen molar-refractivity contribution in [2.45, 2.75) is 25.4 Å². The summed E-state index contributed by atoms with van der Waals surface area (Å²) >= 11 is 0. The Balaban J connectivity index is 1.34. The molecule has 6 nitrogen and oxygen atoms in total. The zero-order chi connectivity index (χ0) is 19.2. The summed E-state index contributed by atoms with van der Waals surface area (Å²) < 4.78 is 5.87. The van der Waals surface area contributed by atoms with Gasteiger partial charge in [-0.3, -0.25) is 5.10 Å². The first-order chi connectivity index (χ1) is 13.8. The molecule has 0 unspecified atom stereocenters. The van der Waals surface area contributed by atoms with Gasteiger partial charge in [-0.1, -0.05) is 30.3 Å². The number of anilines is 1. The van der Waals surface area contributed by atoms with E-state index in [1.54, 1.807) is 6.20 Å². The standard InChI is InChI=1S/C22H27N5O/c23-21-13-18(8-9-24-21)20-14-25-26-22(20)19-7-4-10-27(15-19)11-12-28-16-17-5-2-1-3-6-17/h1-3,5-6,8-9,13-14,19H,4,7,10-12,15-16H2,(H2,23,24)(H,25,26)/t19-/m0/s1. The zero-order valence-corrected chi connectivity index (χ0v) is 16.1. The molecule has 2 aromatic heterocycles. The van der Waals surface area contributed by atoms with Crippen molar-refractivity contribution in [1.82, 2.24) is 20.1 Å². The summed E-state index contributed by atoms with van der Waals surface area (Å²) in [6, 6.07) is 14.2. The van der Waals surface area contributed by atoms with E-state index in [9.17, 15) is 0 Å². The van der Waals surface area contributed by atoms with Crippen LogP contribution in [0.1, 0.15) is 30.0 Å². The number of ether oxygens (including phenoxy) is 1. The molecule has 1 aromatic carbocycles. The van der Waals surface area contributed by atoms with Crippen LogP contribution in [-0.4, -0.2) is 46.3 Å². The van der Waals surface area contributed by atoms with Gasteiger partial charge in [0.2, 0.25) is 0 Å². The molecule has 1 aliphatic rings. The van der Waals surface area contributed by atoms with Crippen LogP contribution >= 0.6 is 0 Å². The second-order valence-electron chi connectivity index (χ2n) is 7.34. The highest BCUT2D eigenvalue weighted by Crippen LogP contribution is 2.33. The van der Waals surface area contributed by atoms with Crippen molar-refractivity contribution in [1.29, 1.82) is 0 Å². The van der Waals surface area contributed by atoms with Crippen molar-refractivity contribution in [2.75, 3.05) is 32.0 Å². The molecule has 0 amide bonds. The normalized spacial score (nSPS) is 17.6. The number of piperidine rings is 1. The monoisotopic (exact) mass is 377 g/mol. The van der Waals surface area contributed by atoms with E-state index in [0.29, 0.717) is 18.3 Å². The number of nitrogens with one attached hydrogen (secondary N) is 1. The number of aromatic nitrogens is 3. The van der Waals surface area contributed by atoms with Crippen LogP contribution in [0, 0.1) is 0 Å². The summed E-state index contributed by atoms with van der Waals surface area (Å²) in [6.45, 7) is 4.51. The summed E-state index contributed by atoms with van der Waals surface area (Å²) in [5, 5.41) is 7.54. The Hall–Kier alpha value is -2.70. The highest BCUT2D eigenvalue weighted by atomic mass is 16.5. The van der Waals surface area contributed by atoms with Gasteiger partial charge in [-0.05, 0) is 42.6 Å². The zero-order valence-electron chi connectivity index (χ0n) is 16.1. The number of likely N-dealkylation sites (tertiary alicyclic amines) is 1. The number of rotatable bonds is 7. The molecule has 0 spiro atoms.